The molecule has 0 N–H and O–H groups in total. The molecule has 1 aliphatic rings. The van der Waals surface area contributed by atoms with Crippen molar-refractivity contribution in [2.24, 2.45) is 7.05 Å². The third-order valence-corrected chi connectivity index (χ3v) is 6.21. The van der Waals surface area contributed by atoms with Crippen LogP contribution in [0.25, 0.3) is 11.0 Å². The van der Waals surface area contributed by atoms with Gasteiger partial charge in [0.2, 0.25) is 0 Å². The summed E-state index contributed by atoms with van der Waals surface area (Å²) in [5.74, 6) is 1.11. The van der Waals surface area contributed by atoms with E-state index in [1.165, 1.54) is 12.6 Å². The maximum Gasteiger partial charge on any atom is 0.332 e. The topological polar surface area (TPSA) is 78.6 Å². The molecule has 170 valence electrons. The van der Waals surface area contributed by atoms with Gasteiger partial charge in [-0.2, -0.15) is 0 Å². The molecule has 3 aromatic rings. The smallest absolute Gasteiger partial charge is 0.332 e. The predicted molar refractivity (Wildman–Crippen MR) is 123 cm³/mol. The largest absolute Gasteiger partial charge is 0.497 e. The van der Waals surface area contributed by atoms with Gasteiger partial charge in [-0.15, -0.1) is 0 Å². The molecule has 0 amide bonds. The van der Waals surface area contributed by atoms with Crippen LogP contribution in [0.4, 0.5) is 0 Å². The minimum absolute atomic E-state index is 0.251. The summed E-state index contributed by atoms with van der Waals surface area (Å²) in [6, 6.07) is 11.9. The van der Waals surface area contributed by atoms with E-state index in [1.54, 1.807) is 18.8 Å². The molecule has 1 unspecified atom stereocenters. The number of nitrogens with zero attached hydrogens (tertiary/aromatic N) is 4. The van der Waals surface area contributed by atoms with Crippen LogP contribution < -0.4 is 16.0 Å². The lowest BCUT2D eigenvalue weighted by atomic mass is 9.93. The Balaban J connectivity index is 1.61. The van der Waals surface area contributed by atoms with Gasteiger partial charge >= 0.3 is 5.69 Å². The Kier molecular flexibility index (Phi) is 6.72. The first kappa shape index (κ1) is 22.2. The summed E-state index contributed by atoms with van der Waals surface area (Å²) in [5.41, 5.74) is 1.93. The molecule has 1 aliphatic heterocycles. The second kappa shape index (κ2) is 9.67. The summed E-state index contributed by atoms with van der Waals surface area (Å²) in [7, 11) is 4.76. The van der Waals surface area contributed by atoms with E-state index in [2.05, 4.69) is 17.0 Å². The number of likely N-dealkylation sites (tertiary alicyclic amines) is 1. The van der Waals surface area contributed by atoms with Gasteiger partial charge in [0, 0.05) is 38.9 Å². The monoisotopic (exact) mass is 438 g/mol. The number of aromatic nitrogens is 3. The maximum absolute atomic E-state index is 12.7. The van der Waals surface area contributed by atoms with Gasteiger partial charge in [0.25, 0.3) is 5.56 Å². The van der Waals surface area contributed by atoms with E-state index < -0.39 is 0 Å². The first-order valence-electron chi connectivity index (χ1n) is 11.0. The second-order valence-corrected chi connectivity index (χ2v) is 8.32. The van der Waals surface area contributed by atoms with Crippen molar-refractivity contribution in [1.82, 2.24) is 19.0 Å². The number of pyridine rings is 1. The van der Waals surface area contributed by atoms with Crippen LogP contribution in [0.2, 0.25) is 0 Å². The molecule has 2 aromatic heterocycles. The number of hydrogen-bond donors (Lipinski definition) is 0. The SMILES string of the molecule is COCCn1c(=O)n(C)c(=O)c2ccc(C3CCCN(Cc4ccc(OC)cc4)C3)nc21. The van der Waals surface area contributed by atoms with Gasteiger partial charge in [-0.1, -0.05) is 12.1 Å². The van der Waals surface area contributed by atoms with Crippen molar-refractivity contribution in [2.75, 3.05) is 33.9 Å². The minimum atomic E-state index is -0.367. The molecule has 8 heteroatoms. The van der Waals surface area contributed by atoms with Gasteiger partial charge < -0.3 is 9.47 Å². The average molecular weight is 439 g/mol. The van der Waals surface area contributed by atoms with Crippen LogP contribution in [-0.2, 0) is 24.9 Å². The van der Waals surface area contributed by atoms with Crippen LogP contribution in [0.3, 0.4) is 0 Å². The van der Waals surface area contributed by atoms with E-state index in [0.29, 0.717) is 24.2 Å². The van der Waals surface area contributed by atoms with Crippen LogP contribution in [0.5, 0.6) is 5.75 Å². The second-order valence-electron chi connectivity index (χ2n) is 8.32. The summed E-state index contributed by atoms with van der Waals surface area (Å²) in [6.45, 7) is 3.52. The molecule has 0 aliphatic carbocycles. The lowest BCUT2D eigenvalue weighted by Crippen LogP contribution is -2.39. The quantitative estimate of drug-likeness (QED) is 0.562. The number of methoxy groups -OCH3 is 2. The molecule has 0 radical (unpaired) electrons. The van der Waals surface area contributed by atoms with E-state index in [9.17, 15) is 9.59 Å². The van der Waals surface area contributed by atoms with Gasteiger partial charge in [0.15, 0.2) is 0 Å². The van der Waals surface area contributed by atoms with Crippen molar-refractivity contribution < 1.29 is 9.47 Å². The van der Waals surface area contributed by atoms with Gasteiger partial charge in [-0.25, -0.2) is 9.78 Å². The molecule has 1 atom stereocenters. The molecule has 3 heterocycles. The van der Waals surface area contributed by atoms with Crippen molar-refractivity contribution in [3.8, 4) is 5.75 Å². The highest BCUT2D eigenvalue weighted by Crippen LogP contribution is 2.27. The first-order valence-corrected chi connectivity index (χ1v) is 11.0. The number of piperidine rings is 1. The van der Waals surface area contributed by atoms with Gasteiger partial charge in [-0.3, -0.25) is 18.8 Å². The first-order chi connectivity index (χ1) is 15.5. The molecular weight excluding hydrogens is 408 g/mol. The maximum atomic E-state index is 12.7. The van der Waals surface area contributed by atoms with E-state index in [1.807, 2.05) is 24.3 Å². The third-order valence-electron chi connectivity index (χ3n) is 6.21. The van der Waals surface area contributed by atoms with Crippen molar-refractivity contribution >= 4 is 11.0 Å². The fourth-order valence-corrected chi connectivity index (χ4v) is 4.42. The van der Waals surface area contributed by atoms with Crippen LogP contribution in [-0.4, -0.2) is 52.9 Å². The zero-order chi connectivity index (χ0) is 22.7. The minimum Gasteiger partial charge on any atom is -0.497 e. The summed E-state index contributed by atoms with van der Waals surface area (Å²) in [6.07, 6.45) is 2.11. The number of rotatable bonds is 7. The van der Waals surface area contributed by atoms with Crippen LogP contribution in [0.15, 0.2) is 46.0 Å². The highest BCUT2D eigenvalue weighted by Gasteiger charge is 2.24. The molecule has 4 rings (SSSR count). The molecular formula is C24H30N4O4. The molecule has 1 aromatic carbocycles. The predicted octanol–water partition coefficient (Wildman–Crippen LogP) is 2.13. The highest BCUT2D eigenvalue weighted by molar-refractivity contribution is 5.74. The van der Waals surface area contributed by atoms with E-state index in [4.69, 9.17) is 14.5 Å². The molecule has 1 fully saturated rings. The Bertz CT molecular complexity index is 1200. The molecule has 8 nitrogen and oxygen atoms in total. The average Bonchev–Trinajstić information content (AvgIpc) is 2.83. The van der Waals surface area contributed by atoms with E-state index >= 15 is 0 Å². The lowest BCUT2D eigenvalue weighted by Gasteiger charge is -2.32. The van der Waals surface area contributed by atoms with Crippen LogP contribution in [0, 0.1) is 0 Å². The van der Waals surface area contributed by atoms with Gasteiger partial charge in [0.05, 0.1) is 25.6 Å². The summed E-state index contributed by atoms with van der Waals surface area (Å²) in [4.78, 5) is 32.6. The number of hydrogen-bond acceptors (Lipinski definition) is 6. The Morgan fingerprint density at radius 1 is 1.09 bits per heavy atom. The van der Waals surface area contributed by atoms with Crippen molar-refractivity contribution in [2.45, 2.75) is 31.8 Å². The van der Waals surface area contributed by atoms with Gasteiger partial charge in [-0.05, 0) is 49.2 Å². The van der Waals surface area contributed by atoms with E-state index in [-0.39, 0.29) is 17.2 Å². The third kappa shape index (κ3) is 4.47. The number of fused-ring (bicyclic) bond motifs is 1. The van der Waals surface area contributed by atoms with Crippen molar-refractivity contribution in [3.05, 3.63) is 68.5 Å². The molecule has 0 saturated carbocycles. The highest BCUT2D eigenvalue weighted by atomic mass is 16.5. The molecule has 0 bridgehead atoms. The normalized spacial score (nSPS) is 17.0. The molecule has 32 heavy (non-hydrogen) atoms. The van der Waals surface area contributed by atoms with Crippen LogP contribution >= 0.6 is 0 Å². The van der Waals surface area contributed by atoms with E-state index in [0.717, 1.165) is 48.5 Å². The lowest BCUT2D eigenvalue weighted by molar-refractivity contribution is 0.186. The van der Waals surface area contributed by atoms with Crippen LogP contribution in [0.1, 0.15) is 30.0 Å². The Labute approximate surface area is 187 Å². The standard InChI is InChI=1S/C24H30N4O4/c1-26-23(29)20-10-11-21(25-22(20)28(24(26)30)13-14-31-2)18-5-4-12-27(16-18)15-17-6-8-19(32-3)9-7-17/h6-11,18H,4-5,12-16H2,1-3H3. The zero-order valence-electron chi connectivity index (χ0n) is 18.9. The fourth-order valence-electron chi connectivity index (χ4n) is 4.42. The molecule has 1 saturated heterocycles. The Hall–Kier alpha value is -2.97. The fraction of sp³-hybridized carbons (Fsp3) is 0.458. The zero-order valence-corrected chi connectivity index (χ0v) is 18.9. The number of benzene rings is 1. The van der Waals surface area contributed by atoms with Crippen molar-refractivity contribution in [1.29, 1.82) is 0 Å². The summed E-state index contributed by atoms with van der Waals surface area (Å²) in [5, 5.41) is 0.456. The van der Waals surface area contributed by atoms with Crippen molar-refractivity contribution in [3.63, 3.8) is 0 Å². The number of ether oxygens (including phenoxy) is 2. The van der Waals surface area contributed by atoms with Gasteiger partial charge in [0.1, 0.15) is 11.4 Å². The molecule has 0 spiro atoms. The summed E-state index contributed by atoms with van der Waals surface area (Å²) < 4.78 is 13.1. The Morgan fingerprint density at radius 2 is 1.88 bits per heavy atom. The Morgan fingerprint density at radius 3 is 2.59 bits per heavy atom. The summed E-state index contributed by atoms with van der Waals surface area (Å²) >= 11 is 0.